The highest BCUT2D eigenvalue weighted by Crippen LogP contribution is 2.27. The van der Waals surface area contributed by atoms with Gasteiger partial charge in [-0.1, -0.05) is 18.2 Å². The zero-order valence-electron chi connectivity index (χ0n) is 17.6. The number of esters is 1. The van der Waals surface area contributed by atoms with Gasteiger partial charge in [-0.05, 0) is 54.3 Å². The zero-order chi connectivity index (χ0) is 22.7. The van der Waals surface area contributed by atoms with E-state index in [1.807, 2.05) is 23.6 Å². The first-order chi connectivity index (χ1) is 15.4. The van der Waals surface area contributed by atoms with Crippen molar-refractivity contribution in [3.05, 3.63) is 53.1 Å². The number of furan rings is 1. The van der Waals surface area contributed by atoms with Gasteiger partial charge in [0.25, 0.3) is 10.0 Å². The van der Waals surface area contributed by atoms with E-state index in [0.717, 1.165) is 10.9 Å². The molecular weight excluding hydrogens is 452 g/mol. The Morgan fingerprint density at radius 2 is 1.94 bits per heavy atom. The van der Waals surface area contributed by atoms with Gasteiger partial charge in [0.15, 0.2) is 0 Å². The van der Waals surface area contributed by atoms with E-state index in [-0.39, 0.29) is 42.4 Å². The van der Waals surface area contributed by atoms with E-state index in [4.69, 9.17) is 9.15 Å². The van der Waals surface area contributed by atoms with Crippen LogP contribution in [0, 0.1) is 5.92 Å². The number of sulfonamides is 1. The lowest BCUT2D eigenvalue weighted by molar-refractivity contribution is -0.126. The van der Waals surface area contributed by atoms with Gasteiger partial charge in [-0.25, -0.2) is 13.2 Å². The average Bonchev–Trinajstić information content (AvgIpc) is 3.46. The Balaban J connectivity index is 1.33. The molecule has 3 heterocycles. The minimum Gasteiger partial charge on any atom is -0.460 e. The van der Waals surface area contributed by atoms with Crippen LogP contribution in [0.1, 0.15) is 35.9 Å². The predicted octanol–water partition coefficient (Wildman–Crippen LogP) is 3.39. The van der Waals surface area contributed by atoms with Crippen LogP contribution in [0.3, 0.4) is 0 Å². The van der Waals surface area contributed by atoms with Crippen LogP contribution in [-0.4, -0.2) is 44.3 Å². The molecule has 1 aromatic carbocycles. The molecule has 1 fully saturated rings. The molecule has 2 aromatic heterocycles. The standard InChI is InChI=1S/C22H24N2O6S2/c1-2-29-22(26)18-7-8-20(30-18)32(27,28)24-11-9-15(10-12-24)21(25)23-13-16-14-31-19-6-4-3-5-17(16)19/h3-8,14-15H,2,9-13H2,1H3,(H,23,25). The fourth-order valence-electron chi connectivity index (χ4n) is 3.75. The molecule has 1 aliphatic rings. The van der Waals surface area contributed by atoms with Crippen LogP contribution in [-0.2, 0) is 26.1 Å². The van der Waals surface area contributed by atoms with Crippen LogP contribution in [0.4, 0.5) is 0 Å². The Hall–Kier alpha value is -2.69. The summed E-state index contributed by atoms with van der Waals surface area (Å²) in [6, 6.07) is 10.6. The molecule has 10 heteroatoms. The van der Waals surface area contributed by atoms with Gasteiger partial charge < -0.3 is 14.5 Å². The van der Waals surface area contributed by atoms with Crippen molar-refractivity contribution in [1.82, 2.24) is 9.62 Å². The van der Waals surface area contributed by atoms with Crippen molar-refractivity contribution >= 4 is 43.3 Å². The van der Waals surface area contributed by atoms with Gasteiger partial charge in [0.2, 0.25) is 16.8 Å². The summed E-state index contributed by atoms with van der Waals surface area (Å²) in [6.45, 7) is 2.68. The number of ether oxygens (including phenoxy) is 1. The molecule has 1 saturated heterocycles. The maximum absolute atomic E-state index is 12.8. The maximum Gasteiger partial charge on any atom is 0.374 e. The second-order valence-corrected chi connectivity index (χ2v) is 10.3. The van der Waals surface area contributed by atoms with E-state index in [1.165, 1.54) is 21.1 Å². The quantitative estimate of drug-likeness (QED) is 0.524. The summed E-state index contributed by atoms with van der Waals surface area (Å²) in [5, 5.41) is 5.88. The van der Waals surface area contributed by atoms with Gasteiger partial charge in [0.1, 0.15) is 0 Å². The highest BCUT2D eigenvalue weighted by atomic mass is 32.2. The Morgan fingerprint density at radius 3 is 2.69 bits per heavy atom. The summed E-state index contributed by atoms with van der Waals surface area (Å²) in [7, 11) is -3.88. The topological polar surface area (TPSA) is 106 Å². The van der Waals surface area contributed by atoms with E-state index in [2.05, 4.69) is 11.4 Å². The summed E-state index contributed by atoms with van der Waals surface area (Å²) in [4.78, 5) is 24.4. The summed E-state index contributed by atoms with van der Waals surface area (Å²) in [5.74, 6) is -1.18. The number of hydrogen-bond donors (Lipinski definition) is 1. The molecule has 8 nitrogen and oxygen atoms in total. The number of benzene rings is 1. The molecule has 0 radical (unpaired) electrons. The van der Waals surface area contributed by atoms with Crippen molar-refractivity contribution in [3.8, 4) is 0 Å². The first-order valence-electron chi connectivity index (χ1n) is 10.4. The number of hydrogen-bond acceptors (Lipinski definition) is 7. The lowest BCUT2D eigenvalue weighted by Crippen LogP contribution is -2.42. The van der Waals surface area contributed by atoms with Gasteiger partial charge >= 0.3 is 5.97 Å². The van der Waals surface area contributed by atoms with Gasteiger partial charge in [0.05, 0.1) is 6.61 Å². The second kappa shape index (κ2) is 9.43. The lowest BCUT2D eigenvalue weighted by atomic mass is 9.97. The van der Waals surface area contributed by atoms with Gasteiger partial charge in [-0.3, -0.25) is 4.79 Å². The number of rotatable bonds is 7. The molecule has 0 unspecified atom stereocenters. The highest BCUT2D eigenvalue weighted by Gasteiger charge is 2.34. The van der Waals surface area contributed by atoms with Crippen molar-refractivity contribution in [3.63, 3.8) is 0 Å². The molecule has 0 spiro atoms. The molecule has 0 bridgehead atoms. The number of fused-ring (bicyclic) bond motifs is 1. The summed E-state index contributed by atoms with van der Waals surface area (Å²) >= 11 is 1.65. The maximum atomic E-state index is 12.8. The average molecular weight is 477 g/mol. The van der Waals surface area contributed by atoms with Crippen LogP contribution in [0.2, 0.25) is 0 Å². The minimum atomic E-state index is -3.88. The lowest BCUT2D eigenvalue weighted by Gasteiger charge is -2.29. The first-order valence-corrected chi connectivity index (χ1v) is 12.7. The summed E-state index contributed by atoms with van der Waals surface area (Å²) < 4.78 is 38.2. The molecule has 4 rings (SSSR count). The number of piperidine rings is 1. The van der Waals surface area contributed by atoms with Crippen LogP contribution in [0.25, 0.3) is 10.1 Å². The van der Waals surface area contributed by atoms with E-state index < -0.39 is 16.0 Å². The van der Waals surface area contributed by atoms with Crippen LogP contribution in [0.15, 0.2) is 51.3 Å². The molecule has 0 saturated carbocycles. The molecule has 3 aromatic rings. The van der Waals surface area contributed by atoms with Gasteiger partial charge in [-0.2, -0.15) is 4.31 Å². The SMILES string of the molecule is CCOC(=O)c1ccc(S(=O)(=O)N2CCC(C(=O)NCc3csc4ccccc34)CC2)o1. The Kier molecular flexibility index (Phi) is 6.63. The van der Waals surface area contributed by atoms with Crippen LogP contribution in [0.5, 0.6) is 0 Å². The van der Waals surface area contributed by atoms with Gasteiger partial charge in [-0.15, -0.1) is 11.3 Å². The van der Waals surface area contributed by atoms with Crippen molar-refractivity contribution in [2.24, 2.45) is 5.92 Å². The number of nitrogens with one attached hydrogen (secondary N) is 1. The van der Waals surface area contributed by atoms with Crippen molar-refractivity contribution in [1.29, 1.82) is 0 Å². The Bertz CT molecular complexity index is 1220. The molecule has 0 aliphatic carbocycles. The fourth-order valence-corrected chi connectivity index (χ4v) is 6.10. The second-order valence-electron chi connectivity index (χ2n) is 7.49. The van der Waals surface area contributed by atoms with E-state index in [9.17, 15) is 18.0 Å². The van der Waals surface area contributed by atoms with E-state index in [0.29, 0.717) is 19.4 Å². The number of nitrogens with zero attached hydrogens (tertiary/aromatic N) is 1. The van der Waals surface area contributed by atoms with Crippen molar-refractivity contribution in [2.45, 2.75) is 31.4 Å². The number of thiophene rings is 1. The third-order valence-corrected chi connectivity index (χ3v) is 8.28. The van der Waals surface area contributed by atoms with E-state index >= 15 is 0 Å². The number of amides is 1. The number of carbonyl (C=O) groups excluding carboxylic acids is 2. The third-order valence-electron chi connectivity index (χ3n) is 5.49. The molecule has 1 N–H and O–H groups in total. The number of carbonyl (C=O) groups is 2. The van der Waals surface area contributed by atoms with Crippen molar-refractivity contribution in [2.75, 3.05) is 19.7 Å². The molecular formula is C22H24N2O6S2. The van der Waals surface area contributed by atoms with Crippen LogP contribution < -0.4 is 5.32 Å². The molecule has 0 atom stereocenters. The predicted molar refractivity (Wildman–Crippen MR) is 120 cm³/mol. The molecule has 32 heavy (non-hydrogen) atoms. The Morgan fingerprint density at radius 1 is 1.19 bits per heavy atom. The summed E-state index contributed by atoms with van der Waals surface area (Å²) in [5.41, 5.74) is 1.08. The van der Waals surface area contributed by atoms with Crippen LogP contribution >= 0.6 is 11.3 Å². The largest absolute Gasteiger partial charge is 0.460 e. The third kappa shape index (κ3) is 4.57. The molecule has 170 valence electrons. The first kappa shape index (κ1) is 22.5. The zero-order valence-corrected chi connectivity index (χ0v) is 19.2. The van der Waals surface area contributed by atoms with E-state index in [1.54, 1.807) is 18.3 Å². The van der Waals surface area contributed by atoms with Crippen molar-refractivity contribution < 1.29 is 27.2 Å². The minimum absolute atomic E-state index is 0.0695. The Labute approximate surface area is 190 Å². The van der Waals surface area contributed by atoms with Gasteiger partial charge in [0, 0.05) is 30.3 Å². The molecule has 1 aliphatic heterocycles. The monoisotopic (exact) mass is 476 g/mol. The fraction of sp³-hybridized carbons (Fsp3) is 0.364. The summed E-state index contributed by atoms with van der Waals surface area (Å²) in [6.07, 6.45) is 0.835. The molecule has 1 amide bonds. The normalized spacial score (nSPS) is 15.7. The smallest absolute Gasteiger partial charge is 0.374 e. The highest BCUT2D eigenvalue weighted by molar-refractivity contribution is 7.89.